The van der Waals surface area contributed by atoms with Gasteiger partial charge in [0.2, 0.25) is 0 Å². The maximum absolute atomic E-state index is 3.91. The van der Waals surface area contributed by atoms with E-state index in [9.17, 15) is 0 Å². The number of benzene rings is 2. The molecule has 0 heterocycles. The van der Waals surface area contributed by atoms with Crippen LogP contribution in [0.1, 0.15) is 11.1 Å². The first-order valence-electron chi connectivity index (χ1n) is 6.72. The fourth-order valence-electron chi connectivity index (χ4n) is 1.71. The molecule has 0 N–H and O–H groups in total. The molecule has 2 aromatic carbocycles. The quantitative estimate of drug-likeness (QED) is 0.576. The van der Waals surface area contributed by atoms with Gasteiger partial charge in [0, 0.05) is 11.1 Å². The van der Waals surface area contributed by atoms with Gasteiger partial charge in [-0.2, -0.15) is 0 Å². The summed E-state index contributed by atoms with van der Waals surface area (Å²) in [5.74, 6) is 6.38. The molecule has 21 heavy (non-hydrogen) atoms. The van der Waals surface area contributed by atoms with E-state index >= 15 is 0 Å². The Morgan fingerprint density at radius 3 is 1.38 bits per heavy atom. The van der Waals surface area contributed by atoms with Gasteiger partial charge < -0.3 is 0 Å². The number of hydrogen-bond acceptors (Lipinski definition) is 0. The first-order valence-corrected chi connectivity index (χ1v) is 8.87. The highest BCUT2D eigenvalue weighted by atomic mass is 28.3. The summed E-state index contributed by atoms with van der Waals surface area (Å²) in [4.78, 5) is 0. The lowest BCUT2D eigenvalue weighted by Crippen LogP contribution is -2.26. The molecule has 0 saturated carbocycles. The zero-order valence-electron chi connectivity index (χ0n) is 11.8. The highest BCUT2D eigenvalue weighted by molar-refractivity contribution is 7.02. The maximum Gasteiger partial charge on any atom is 0.261 e. The molecule has 0 fully saturated rings. The van der Waals surface area contributed by atoms with Crippen molar-refractivity contribution in [2.45, 2.75) is 0 Å². The Morgan fingerprint density at radius 2 is 1.05 bits per heavy atom. The van der Waals surface area contributed by atoms with E-state index in [4.69, 9.17) is 0 Å². The van der Waals surface area contributed by atoms with Gasteiger partial charge in [0.15, 0.2) is 0 Å². The fraction of sp³-hybridized carbons (Fsp3) is 0. The molecule has 1 heteroatoms. The topological polar surface area (TPSA) is 0 Å². The molecule has 0 amide bonds. The molecule has 0 atom stereocenters. The minimum atomic E-state index is -2.30. The molecule has 2 aromatic rings. The van der Waals surface area contributed by atoms with E-state index < -0.39 is 8.07 Å². The van der Waals surface area contributed by atoms with Crippen molar-refractivity contribution in [3.63, 3.8) is 0 Å². The third-order valence-electron chi connectivity index (χ3n) is 3.02. The second kappa shape index (κ2) is 7.15. The Bertz CT molecular complexity index is 667. The van der Waals surface area contributed by atoms with Gasteiger partial charge in [-0.25, -0.2) is 0 Å². The van der Waals surface area contributed by atoms with Crippen LogP contribution in [0.15, 0.2) is 85.2 Å². The molecule has 0 nitrogen and oxygen atoms in total. The van der Waals surface area contributed by atoms with Gasteiger partial charge in [-0.1, -0.05) is 59.6 Å². The number of rotatable bonds is 2. The summed E-state index contributed by atoms with van der Waals surface area (Å²) in [6.07, 6.45) is 0. The van der Waals surface area contributed by atoms with Crippen LogP contribution in [0.4, 0.5) is 0 Å². The van der Waals surface area contributed by atoms with Crippen molar-refractivity contribution in [2.24, 2.45) is 0 Å². The second-order valence-electron chi connectivity index (χ2n) is 4.51. The molecule has 0 aliphatic heterocycles. The van der Waals surface area contributed by atoms with Crippen molar-refractivity contribution in [2.75, 3.05) is 0 Å². The lowest BCUT2D eigenvalue weighted by atomic mass is 10.2. The Kier molecular flexibility index (Phi) is 4.99. The van der Waals surface area contributed by atoms with Crippen molar-refractivity contribution in [1.82, 2.24) is 0 Å². The van der Waals surface area contributed by atoms with Gasteiger partial charge in [-0.3, -0.25) is 0 Å². The summed E-state index contributed by atoms with van der Waals surface area (Å²) in [5, 5.41) is 0. The molecular weight excluding hydrogens is 268 g/mol. The van der Waals surface area contributed by atoms with Gasteiger partial charge in [0.05, 0.1) is 0 Å². The Hall–Kier alpha value is -2.74. The first-order chi connectivity index (χ1) is 10.3. The summed E-state index contributed by atoms with van der Waals surface area (Å²) >= 11 is 0. The molecule has 0 aromatic heterocycles. The molecule has 0 spiro atoms. The average molecular weight is 284 g/mol. The van der Waals surface area contributed by atoms with E-state index in [-0.39, 0.29) is 0 Å². The van der Waals surface area contributed by atoms with Crippen molar-refractivity contribution in [3.8, 4) is 22.9 Å². The van der Waals surface area contributed by atoms with Gasteiger partial charge in [-0.05, 0) is 24.3 Å². The summed E-state index contributed by atoms with van der Waals surface area (Å²) in [6.45, 7) is 7.83. The van der Waals surface area contributed by atoms with Crippen LogP contribution >= 0.6 is 0 Å². The Balaban J connectivity index is 2.34. The maximum atomic E-state index is 3.91. The fourth-order valence-corrected chi connectivity index (χ4v) is 3.05. The van der Waals surface area contributed by atoms with E-state index in [0.29, 0.717) is 0 Å². The molecular formula is C20H16Si. The third kappa shape index (κ3) is 4.11. The number of hydrogen-bond donors (Lipinski definition) is 0. The van der Waals surface area contributed by atoms with E-state index in [1.807, 2.05) is 72.1 Å². The smallest absolute Gasteiger partial charge is 0.105 e. The van der Waals surface area contributed by atoms with Crippen molar-refractivity contribution < 1.29 is 0 Å². The molecule has 0 radical (unpaired) electrons. The van der Waals surface area contributed by atoms with Crippen LogP contribution < -0.4 is 0 Å². The molecule has 100 valence electrons. The normalized spacial score (nSPS) is 9.52. The van der Waals surface area contributed by atoms with Gasteiger partial charge >= 0.3 is 0 Å². The van der Waals surface area contributed by atoms with Gasteiger partial charge in [-0.15, -0.1) is 24.2 Å². The molecule has 0 unspecified atom stereocenters. The molecule has 0 aliphatic carbocycles. The largest absolute Gasteiger partial charge is 0.261 e. The lowest BCUT2D eigenvalue weighted by Gasteiger charge is -2.07. The monoisotopic (exact) mass is 284 g/mol. The van der Waals surface area contributed by atoms with Crippen molar-refractivity contribution in [1.29, 1.82) is 0 Å². The lowest BCUT2D eigenvalue weighted by molar-refractivity contribution is 1.65. The van der Waals surface area contributed by atoms with E-state index in [1.54, 1.807) is 0 Å². The van der Waals surface area contributed by atoms with E-state index in [1.165, 1.54) is 0 Å². The standard InChI is InChI=1S/C20H16Si/c1-3-21(4-2,17-15-19-11-7-5-8-12-19)18-16-20-13-9-6-10-14-20/h3-14H,1-2H2. The highest BCUT2D eigenvalue weighted by Crippen LogP contribution is 2.06. The Labute approximate surface area is 127 Å². The van der Waals surface area contributed by atoms with E-state index in [2.05, 4.69) is 36.1 Å². The molecule has 0 saturated heterocycles. The minimum absolute atomic E-state index is 0.986. The zero-order valence-corrected chi connectivity index (χ0v) is 12.8. The molecule has 2 rings (SSSR count). The zero-order chi connectivity index (χ0) is 15.0. The second-order valence-corrected chi connectivity index (χ2v) is 7.56. The van der Waals surface area contributed by atoms with Crippen LogP contribution in [-0.4, -0.2) is 8.07 Å². The summed E-state index contributed by atoms with van der Waals surface area (Å²) in [5.41, 5.74) is 12.3. The summed E-state index contributed by atoms with van der Waals surface area (Å²) in [6, 6.07) is 19.8. The SMILES string of the molecule is C=C[Si](C#Cc1ccccc1)(C#Cc1ccccc1)C=C. The van der Waals surface area contributed by atoms with Gasteiger partial charge in [0.25, 0.3) is 8.07 Å². The summed E-state index contributed by atoms with van der Waals surface area (Å²) in [7, 11) is -2.30. The molecule has 0 bridgehead atoms. The molecule has 0 aliphatic rings. The van der Waals surface area contributed by atoms with Crippen LogP contribution in [0.25, 0.3) is 0 Å². The predicted molar refractivity (Wildman–Crippen MR) is 92.8 cm³/mol. The van der Waals surface area contributed by atoms with Crippen molar-refractivity contribution in [3.05, 3.63) is 96.3 Å². The van der Waals surface area contributed by atoms with Crippen LogP contribution in [0.5, 0.6) is 0 Å². The van der Waals surface area contributed by atoms with Crippen LogP contribution in [0.2, 0.25) is 0 Å². The predicted octanol–water partition coefficient (Wildman–Crippen LogP) is 4.07. The Morgan fingerprint density at radius 1 is 0.667 bits per heavy atom. The average Bonchev–Trinajstić information content (AvgIpc) is 2.58. The summed E-state index contributed by atoms with van der Waals surface area (Å²) < 4.78 is 0. The minimum Gasteiger partial charge on any atom is -0.105 e. The van der Waals surface area contributed by atoms with E-state index in [0.717, 1.165) is 11.1 Å². The third-order valence-corrected chi connectivity index (χ3v) is 5.38. The van der Waals surface area contributed by atoms with Crippen molar-refractivity contribution >= 4 is 8.07 Å². The van der Waals surface area contributed by atoms with Crippen LogP contribution in [-0.2, 0) is 0 Å². The highest BCUT2D eigenvalue weighted by Gasteiger charge is 2.20. The first kappa shape index (κ1) is 14.7. The van der Waals surface area contributed by atoms with Gasteiger partial charge in [0.1, 0.15) is 0 Å². The van der Waals surface area contributed by atoms with Crippen LogP contribution in [0, 0.1) is 22.9 Å². The van der Waals surface area contributed by atoms with Crippen LogP contribution in [0.3, 0.4) is 0 Å².